The Morgan fingerprint density at radius 2 is 1.89 bits per heavy atom. The molecular weight excluding hydrogens is 342 g/mol. The molecule has 134 valence electrons. The number of hydrogen-bond donors (Lipinski definition) is 1. The van der Waals surface area contributed by atoms with Crippen LogP contribution in [0.1, 0.15) is 22.5 Å². The quantitative estimate of drug-likeness (QED) is 0.412. The average Bonchev–Trinajstić information content (AvgIpc) is 2.94. The van der Waals surface area contributed by atoms with Gasteiger partial charge in [-0.2, -0.15) is 5.26 Å². The Kier molecular flexibility index (Phi) is 4.77. The van der Waals surface area contributed by atoms with E-state index in [2.05, 4.69) is 6.07 Å². The summed E-state index contributed by atoms with van der Waals surface area (Å²) in [6.07, 6.45) is 1.73. The zero-order chi connectivity index (χ0) is 19.6. The summed E-state index contributed by atoms with van der Waals surface area (Å²) in [6, 6.07) is 17.0. The van der Waals surface area contributed by atoms with Gasteiger partial charge in [0.1, 0.15) is 5.75 Å². The largest absolute Gasteiger partial charge is 0.508 e. The molecule has 0 amide bonds. The smallest absolute Gasteiger partial charge is 0.270 e. The number of rotatable bonds is 4. The normalized spacial score (nSPS) is 11.2. The maximum absolute atomic E-state index is 11.0. The molecule has 0 aliphatic carbocycles. The van der Waals surface area contributed by atoms with Crippen molar-refractivity contribution < 1.29 is 10.0 Å². The number of aromatic nitrogens is 1. The predicted octanol–water partition coefficient (Wildman–Crippen LogP) is 4.77. The van der Waals surface area contributed by atoms with Crippen molar-refractivity contribution in [2.75, 3.05) is 0 Å². The second-order valence-electron chi connectivity index (χ2n) is 6.16. The molecule has 0 saturated heterocycles. The van der Waals surface area contributed by atoms with Crippen LogP contribution in [0.25, 0.3) is 17.3 Å². The Labute approximate surface area is 156 Å². The Morgan fingerprint density at radius 1 is 1.19 bits per heavy atom. The average molecular weight is 359 g/mol. The SMILES string of the molecule is Cc1cc(/C=C(/C#N)c2cccc([N+](=O)[O-])c2)c(C)n1-c1ccc(O)cc1. The highest BCUT2D eigenvalue weighted by molar-refractivity contribution is 5.90. The van der Waals surface area contributed by atoms with Crippen LogP contribution >= 0.6 is 0 Å². The molecule has 1 N–H and O–H groups in total. The summed E-state index contributed by atoms with van der Waals surface area (Å²) in [5.41, 5.74) is 4.45. The first kappa shape index (κ1) is 18.0. The highest BCUT2D eigenvalue weighted by Gasteiger charge is 2.13. The summed E-state index contributed by atoms with van der Waals surface area (Å²) < 4.78 is 2.02. The summed E-state index contributed by atoms with van der Waals surface area (Å²) in [5.74, 6) is 0.193. The Morgan fingerprint density at radius 3 is 2.52 bits per heavy atom. The van der Waals surface area contributed by atoms with Gasteiger partial charge in [0.25, 0.3) is 5.69 Å². The third kappa shape index (κ3) is 3.58. The first-order valence-electron chi connectivity index (χ1n) is 8.25. The van der Waals surface area contributed by atoms with Crippen molar-refractivity contribution in [3.8, 4) is 17.5 Å². The molecule has 1 heterocycles. The van der Waals surface area contributed by atoms with E-state index in [1.165, 1.54) is 12.1 Å². The summed E-state index contributed by atoms with van der Waals surface area (Å²) >= 11 is 0. The minimum atomic E-state index is -0.477. The fourth-order valence-corrected chi connectivity index (χ4v) is 3.06. The standard InChI is InChI=1S/C21H17N3O3/c1-14-10-17(15(2)23(14)19-6-8-21(25)9-7-19)11-18(13-22)16-4-3-5-20(12-16)24(26)27/h3-12,25H,1-2H3/b18-11-. The van der Waals surface area contributed by atoms with Crippen LogP contribution in [-0.4, -0.2) is 14.6 Å². The lowest BCUT2D eigenvalue weighted by Crippen LogP contribution is -1.98. The zero-order valence-corrected chi connectivity index (χ0v) is 14.9. The molecule has 0 fully saturated rings. The fourth-order valence-electron chi connectivity index (χ4n) is 3.06. The number of hydrogen-bond acceptors (Lipinski definition) is 4. The highest BCUT2D eigenvalue weighted by atomic mass is 16.6. The monoisotopic (exact) mass is 359 g/mol. The van der Waals surface area contributed by atoms with E-state index in [0.29, 0.717) is 11.1 Å². The number of non-ortho nitro benzene ring substituents is 1. The predicted molar refractivity (Wildman–Crippen MR) is 103 cm³/mol. The van der Waals surface area contributed by atoms with Crippen molar-refractivity contribution in [1.29, 1.82) is 5.26 Å². The van der Waals surface area contributed by atoms with Crippen molar-refractivity contribution in [3.05, 3.63) is 87.2 Å². The van der Waals surface area contributed by atoms with Crippen molar-refractivity contribution in [1.82, 2.24) is 4.57 Å². The second kappa shape index (κ2) is 7.18. The molecular formula is C21H17N3O3. The molecule has 0 atom stereocenters. The minimum absolute atomic E-state index is 0.0526. The van der Waals surface area contributed by atoms with Gasteiger partial charge in [-0.05, 0) is 61.4 Å². The van der Waals surface area contributed by atoms with Gasteiger partial charge in [-0.15, -0.1) is 0 Å². The maximum Gasteiger partial charge on any atom is 0.270 e. The van der Waals surface area contributed by atoms with E-state index in [1.807, 2.05) is 36.6 Å². The number of benzene rings is 2. The molecule has 0 bridgehead atoms. The van der Waals surface area contributed by atoms with Crippen LogP contribution in [0, 0.1) is 35.3 Å². The van der Waals surface area contributed by atoms with E-state index in [1.54, 1.807) is 30.3 Å². The van der Waals surface area contributed by atoms with Gasteiger partial charge in [-0.1, -0.05) is 12.1 Å². The van der Waals surface area contributed by atoms with E-state index in [-0.39, 0.29) is 11.4 Å². The summed E-state index contributed by atoms with van der Waals surface area (Å²) in [7, 11) is 0. The number of nitrogens with zero attached hydrogens (tertiary/aromatic N) is 3. The van der Waals surface area contributed by atoms with E-state index in [0.717, 1.165) is 22.6 Å². The van der Waals surface area contributed by atoms with Crippen LogP contribution in [0.4, 0.5) is 5.69 Å². The number of allylic oxidation sites excluding steroid dienone is 1. The van der Waals surface area contributed by atoms with Crippen LogP contribution < -0.4 is 0 Å². The second-order valence-corrected chi connectivity index (χ2v) is 6.16. The van der Waals surface area contributed by atoms with Crippen LogP contribution in [0.15, 0.2) is 54.6 Å². The number of phenolic OH excluding ortho intramolecular Hbond substituents is 1. The van der Waals surface area contributed by atoms with Crippen LogP contribution in [0.3, 0.4) is 0 Å². The number of aromatic hydroxyl groups is 1. The number of phenols is 1. The number of aryl methyl sites for hydroxylation is 1. The molecule has 2 aromatic carbocycles. The topological polar surface area (TPSA) is 92.1 Å². The molecule has 0 saturated carbocycles. The molecule has 6 nitrogen and oxygen atoms in total. The van der Waals surface area contributed by atoms with E-state index in [4.69, 9.17) is 0 Å². The minimum Gasteiger partial charge on any atom is -0.508 e. The van der Waals surface area contributed by atoms with Gasteiger partial charge in [0.2, 0.25) is 0 Å². The lowest BCUT2D eigenvalue weighted by atomic mass is 10.0. The lowest BCUT2D eigenvalue weighted by molar-refractivity contribution is -0.384. The Bertz CT molecular complexity index is 1090. The third-order valence-corrected chi connectivity index (χ3v) is 4.37. The van der Waals surface area contributed by atoms with Crippen molar-refractivity contribution >= 4 is 17.3 Å². The number of nitriles is 1. The van der Waals surface area contributed by atoms with Crippen molar-refractivity contribution in [3.63, 3.8) is 0 Å². The lowest BCUT2D eigenvalue weighted by Gasteiger charge is -2.09. The summed E-state index contributed by atoms with van der Waals surface area (Å²) in [4.78, 5) is 10.5. The van der Waals surface area contributed by atoms with Gasteiger partial charge in [0, 0.05) is 29.2 Å². The van der Waals surface area contributed by atoms with Gasteiger partial charge in [0.15, 0.2) is 0 Å². The molecule has 3 aromatic rings. The maximum atomic E-state index is 11.0. The summed E-state index contributed by atoms with van der Waals surface area (Å²) in [5, 5.41) is 30.0. The van der Waals surface area contributed by atoms with Gasteiger partial charge in [0.05, 0.1) is 16.6 Å². The molecule has 3 rings (SSSR count). The molecule has 0 spiro atoms. The first-order chi connectivity index (χ1) is 12.9. The zero-order valence-electron chi connectivity index (χ0n) is 14.9. The third-order valence-electron chi connectivity index (χ3n) is 4.37. The first-order valence-corrected chi connectivity index (χ1v) is 8.25. The molecule has 27 heavy (non-hydrogen) atoms. The van der Waals surface area contributed by atoms with Gasteiger partial charge in [-0.25, -0.2) is 0 Å². The van der Waals surface area contributed by atoms with E-state index in [9.17, 15) is 20.5 Å². The number of nitro groups is 1. The van der Waals surface area contributed by atoms with E-state index < -0.39 is 4.92 Å². The molecule has 0 aliphatic rings. The molecule has 6 heteroatoms. The highest BCUT2D eigenvalue weighted by Crippen LogP contribution is 2.27. The van der Waals surface area contributed by atoms with E-state index >= 15 is 0 Å². The fraction of sp³-hybridized carbons (Fsp3) is 0.0952. The summed E-state index contributed by atoms with van der Waals surface area (Å²) in [6.45, 7) is 3.89. The van der Waals surface area contributed by atoms with Crippen LogP contribution in [0.2, 0.25) is 0 Å². The van der Waals surface area contributed by atoms with Crippen LogP contribution in [-0.2, 0) is 0 Å². The molecule has 0 radical (unpaired) electrons. The Hall–Kier alpha value is -3.85. The molecule has 0 aliphatic heterocycles. The molecule has 1 aromatic heterocycles. The van der Waals surface area contributed by atoms with Gasteiger partial charge >= 0.3 is 0 Å². The van der Waals surface area contributed by atoms with Gasteiger partial charge < -0.3 is 9.67 Å². The number of nitro benzene ring substituents is 1. The Balaban J connectivity index is 2.07. The molecule has 0 unspecified atom stereocenters. The van der Waals surface area contributed by atoms with Gasteiger partial charge in [-0.3, -0.25) is 10.1 Å². The van der Waals surface area contributed by atoms with Crippen molar-refractivity contribution in [2.24, 2.45) is 0 Å². The van der Waals surface area contributed by atoms with Crippen LogP contribution in [0.5, 0.6) is 5.75 Å². The van der Waals surface area contributed by atoms with Crippen molar-refractivity contribution in [2.45, 2.75) is 13.8 Å².